The molecule has 0 spiro atoms. The Morgan fingerprint density at radius 1 is 1.33 bits per heavy atom. The number of H-pyrrole nitrogens is 1. The monoisotopic (exact) mass is 386 g/mol. The molecule has 3 rings (SSSR count). The SMILES string of the molecule is CC(C)N(Cc1cc(-c2ccccc2)n[nH]1)C(=O)[C@@H]1CSC(C)(C)C(=O)N1. The minimum Gasteiger partial charge on any atom is -0.342 e. The van der Waals surface area contributed by atoms with Gasteiger partial charge >= 0.3 is 0 Å². The molecule has 0 saturated carbocycles. The maximum atomic E-state index is 13.0. The molecule has 1 aromatic heterocycles. The predicted octanol–water partition coefficient (Wildman–Crippen LogP) is 2.82. The van der Waals surface area contributed by atoms with Gasteiger partial charge < -0.3 is 10.2 Å². The summed E-state index contributed by atoms with van der Waals surface area (Å²) in [5.41, 5.74) is 2.75. The Labute approximate surface area is 164 Å². The smallest absolute Gasteiger partial charge is 0.246 e. The largest absolute Gasteiger partial charge is 0.342 e. The van der Waals surface area contributed by atoms with Gasteiger partial charge in [0.25, 0.3) is 0 Å². The average molecular weight is 387 g/mol. The van der Waals surface area contributed by atoms with E-state index >= 15 is 0 Å². The van der Waals surface area contributed by atoms with E-state index in [1.165, 1.54) is 11.8 Å². The Morgan fingerprint density at radius 3 is 2.67 bits per heavy atom. The van der Waals surface area contributed by atoms with Crippen molar-refractivity contribution in [3.05, 3.63) is 42.1 Å². The summed E-state index contributed by atoms with van der Waals surface area (Å²) in [4.78, 5) is 27.0. The minimum absolute atomic E-state index is 0.0119. The molecule has 1 aliphatic heterocycles. The van der Waals surface area contributed by atoms with Crippen molar-refractivity contribution in [1.29, 1.82) is 0 Å². The molecule has 1 atom stereocenters. The van der Waals surface area contributed by atoms with Crippen molar-refractivity contribution in [2.45, 2.75) is 51.1 Å². The number of carbonyl (C=O) groups is 2. The maximum absolute atomic E-state index is 13.0. The summed E-state index contributed by atoms with van der Waals surface area (Å²) >= 11 is 1.52. The quantitative estimate of drug-likeness (QED) is 0.828. The molecule has 1 aromatic carbocycles. The van der Waals surface area contributed by atoms with Gasteiger partial charge in [-0.05, 0) is 33.8 Å². The van der Waals surface area contributed by atoms with E-state index in [-0.39, 0.29) is 17.9 Å². The molecule has 144 valence electrons. The van der Waals surface area contributed by atoms with Crippen LogP contribution in [0.15, 0.2) is 36.4 Å². The van der Waals surface area contributed by atoms with Crippen LogP contribution >= 0.6 is 11.8 Å². The fraction of sp³-hybridized carbons (Fsp3) is 0.450. The summed E-state index contributed by atoms with van der Waals surface area (Å²) in [5.74, 6) is 0.435. The Balaban J connectivity index is 1.72. The molecule has 0 radical (unpaired) electrons. The van der Waals surface area contributed by atoms with Crippen LogP contribution in [0, 0.1) is 0 Å². The molecule has 0 aliphatic carbocycles. The first-order chi connectivity index (χ1) is 12.8. The second-order valence-corrected chi connectivity index (χ2v) is 9.19. The zero-order chi connectivity index (χ0) is 19.6. The molecule has 7 heteroatoms. The fourth-order valence-corrected chi connectivity index (χ4v) is 3.96. The number of carbonyl (C=O) groups excluding carboxylic acids is 2. The van der Waals surface area contributed by atoms with Crippen molar-refractivity contribution < 1.29 is 9.59 Å². The third-order valence-electron chi connectivity index (χ3n) is 4.71. The van der Waals surface area contributed by atoms with E-state index < -0.39 is 10.8 Å². The van der Waals surface area contributed by atoms with Gasteiger partial charge in [0.15, 0.2) is 0 Å². The number of amides is 2. The van der Waals surface area contributed by atoms with Gasteiger partial charge in [-0.15, -0.1) is 11.8 Å². The van der Waals surface area contributed by atoms with Crippen LogP contribution in [0.4, 0.5) is 0 Å². The lowest BCUT2D eigenvalue weighted by Gasteiger charge is -2.36. The lowest BCUT2D eigenvalue weighted by Crippen LogP contribution is -2.58. The van der Waals surface area contributed by atoms with E-state index in [4.69, 9.17) is 0 Å². The first-order valence-electron chi connectivity index (χ1n) is 9.13. The zero-order valence-corrected chi connectivity index (χ0v) is 17.0. The molecule has 6 nitrogen and oxygen atoms in total. The van der Waals surface area contributed by atoms with Gasteiger partial charge in [-0.2, -0.15) is 5.10 Å². The van der Waals surface area contributed by atoms with Crippen LogP contribution in [0.25, 0.3) is 11.3 Å². The summed E-state index contributed by atoms with van der Waals surface area (Å²) in [6, 6.07) is 11.4. The van der Waals surface area contributed by atoms with E-state index in [2.05, 4.69) is 15.5 Å². The van der Waals surface area contributed by atoms with Crippen LogP contribution in [0.3, 0.4) is 0 Å². The number of hydrogen-bond donors (Lipinski definition) is 2. The predicted molar refractivity (Wildman–Crippen MR) is 108 cm³/mol. The van der Waals surface area contributed by atoms with Crippen molar-refractivity contribution in [1.82, 2.24) is 20.4 Å². The number of rotatable bonds is 5. The summed E-state index contributed by atoms with van der Waals surface area (Å²) in [7, 11) is 0. The lowest BCUT2D eigenvalue weighted by atomic mass is 10.1. The van der Waals surface area contributed by atoms with Gasteiger partial charge in [0.05, 0.1) is 22.7 Å². The number of aromatic amines is 1. The Morgan fingerprint density at radius 2 is 2.04 bits per heavy atom. The summed E-state index contributed by atoms with van der Waals surface area (Å²) < 4.78 is -0.493. The van der Waals surface area contributed by atoms with Gasteiger partial charge in [0, 0.05) is 17.4 Å². The highest BCUT2D eigenvalue weighted by Crippen LogP contribution is 2.30. The molecule has 0 bridgehead atoms. The summed E-state index contributed by atoms with van der Waals surface area (Å²) in [6.45, 7) is 8.15. The topological polar surface area (TPSA) is 78.1 Å². The van der Waals surface area contributed by atoms with Gasteiger partial charge in [0.2, 0.25) is 11.8 Å². The molecule has 1 fully saturated rings. The van der Waals surface area contributed by atoms with Crippen LogP contribution in [-0.4, -0.2) is 49.5 Å². The number of nitrogens with zero attached hydrogens (tertiary/aromatic N) is 2. The van der Waals surface area contributed by atoms with E-state index in [1.54, 1.807) is 4.90 Å². The van der Waals surface area contributed by atoms with E-state index in [9.17, 15) is 9.59 Å². The van der Waals surface area contributed by atoms with Crippen molar-refractivity contribution in [2.75, 3.05) is 5.75 Å². The number of thioether (sulfide) groups is 1. The summed E-state index contributed by atoms with van der Waals surface area (Å²) in [5, 5.41) is 10.3. The Kier molecular flexibility index (Phi) is 5.60. The van der Waals surface area contributed by atoms with Crippen molar-refractivity contribution in [2.24, 2.45) is 0 Å². The lowest BCUT2D eigenvalue weighted by molar-refractivity contribution is -0.138. The van der Waals surface area contributed by atoms with Gasteiger partial charge in [-0.25, -0.2) is 0 Å². The third kappa shape index (κ3) is 4.35. The standard InChI is InChI=1S/C20H26N4O2S/c1-13(2)24(18(25)17-12-27-20(3,4)19(26)21-17)11-15-10-16(23-22-15)14-8-6-5-7-9-14/h5-10,13,17H,11-12H2,1-4H3,(H,21,26)(H,22,23)/t17-/m0/s1. The Hall–Kier alpha value is -2.28. The van der Waals surface area contributed by atoms with E-state index in [0.29, 0.717) is 12.3 Å². The Bertz CT molecular complexity index is 816. The second kappa shape index (κ2) is 7.76. The summed E-state index contributed by atoms with van der Waals surface area (Å²) in [6.07, 6.45) is 0. The first-order valence-corrected chi connectivity index (χ1v) is 10.1. The van der Waals surface area contributed by atoms with Crippen LogP contribution in [0.2, 0.25) is 0 Å². The number of hydrogen-bond acceptors (Lipinski definition) is 4. The zero-order valence-electron chi connectivity index (χ0n) is 16.2. The molecular formula is C20H26N4O2S. The molecule has 27 heavy (non-hydrogen) atoms. The van der Waals surface area contributed by atoms with Crippen molar-refractivity contribution >= 4 is 23.6 Å². The molecule has 0 unspecified atom stereocenters. The molecule has 2 amide bonds. The van der Waals surface area contributed by atoms with Crippen LogP contribution in [0.1, 0.15) is 33.4 Å². The second-order valence-electron chi connectivity index (χ2n) is 7.55. The molecule has 1 aliphatic rings. The fourth-order valence-electron chi connectivity index (χ4n) is 2.96. The van der Waals surface area contributed by atoms with E-state index in [1.807, 2.05) is 64.1 Å². The first kappa shape index (κ1) is 19.5. The molecule has 2 aromatic rings. The molecular weight excluding hydrogens is 360 g/mol. The highest BCUT2D eigenvalue weighted by Gasteiger charge is 2.39. The molecule has 2 heterocycles. The highest BCUT2D eigenvalue weighted by atomic mass is 32.2. The molecule has 1 saturated heterocycles. The minimum atomic E-state index is -0.493. The average Bonchev–Trinajstić information content (AvgIpc) is 3.11. The van der Waals surface area contributed by atoms with Gasteiger partial charge in [-0.1, -0.05) is 30.3 Å². The van der Waals surface area contributed by atoms with Crippen molar-refractivity contribution in [3.8, 4) is 11.3 Å². The van der Waals surface area contributed by atoms with E-state index in [0.717, 1.165) is 17.0 Å². The normalized spacial score (nSPS) is 19.0. The van der Waals surface area contributed by atoms with Crippen LogP contribution in [-0.2, 0) is 16.1 Å². The number of benzene rings is 1. The molecule has 2 N–H and O–H groups in total. The number of nitrogens with one attached hydrogen (secondary N) is 2. The van der Waals surface area contributed by atoms with Crippen LogP contribution < -0.4 is 5.32 Å². The maximum Gasteiger partial charge on any atom is 0.246 e. The van der Waals surface area contributed by atoms with Crippen molar-refractivity contribution in [3.63, 3.8) is 0 Å². The third-order valence-corrected chi connectivity index (χ3v) is 6.12. The van der Waals surface area contributed by atoms with Crippen LogP contribution in [0.5, 0.6) is 0 Å². The van der Waals surface area contributed by atoms with Gasteiger partial charge in [0.1, 0.15) is 6.04 Å². The van der Waals surface area contributed by atoms with Gasteiger partial charge in [-0.3, -0.25) is 14.7 Å². The number of aromatic nitrogens is 2. The highest BCUT2D eigenvalue weighted by molar-refractivity contribution is 8.01.